The summed E-state index contributed by atoms with van der Waals surface area (Å²) in [5.41, 5.74) is 7.18. The van der Waals surface area contributed by atoms with E-state index in [4.69, 9.17) is 15.9 Å². The molecule has 2 atom stereocenters. The van der Waals surface area contributed by atoms with Crippen LogP contribution in [-0.2, 0) is 0 Å². The summed E-state index contributed by atoms with van der Waals surface area (Å²) in [5, 5.41) is 36.7. The van der Waals surface area contributed by atoms with E-state index in [9.17, 15) is 10.2 Å². The van der Waals surface area contributed by atoms with E-state index in [-0.39, 0.29) is 13.2 Å². The second kappa shape index (κ2) is 9.11. The van der Waals surface area contributed by atoms with Crippen LogP contribution in [-0.4, -0.2) is 58.9 Å². The van der Waals surface area contributed by atoms with Crippen LogP contribution in [0.5, 0.6) is 0 Å². The van der Waals surface area contributed by atoms with Gasteiger partial charge in [0, 0.05) is 29.4 Å². The van der Waals surface area contributed by atoms with Gasteiger partial charge in [0.2, 0.25) is 0 Å². The van der Waals surface area contributed by atoms with Gasteiger partial charge in [-0.25, -0.2) is 0 Å². The molecule has 6 nitrogen and oxygen atoms in total. The van der Waals surface area contributed by atoms with Crippen LogP contribution in [0.1, 0.15) is 12.8 Å². The Kier molecular flexibility index (Phi) is 7.84. The molecular weight excluding hydrogens is 292 g/mol. The highest BCUT2D eigenvalue weighted by molar-refractivity contribution is 7.80. The topological polar surface area (TPSA) is 110 Å². The molecule has 0 aliphatic carbocycles. The highest BCUT2D eigenvalue weighted by atomic mass is 32.1. The number of nitrogen functional groups attached to an aromatic ring is 1. The van der Waals surface area contributed by atoms with Gasteiger partial charge in [-0.15, -0.1) is 12.6 Å². The Balaban J connectivity index is 2.76. The van der Waals surface area contributed by atoms with E-state index in [0.29, 0.717) is 36.5 Å². The summed E-state index contributed by atoms with van der Waals surface area (Å²) >= 11 is 4.29. The minimum absolute atomic E-state index is 0.285. The van der Waals surface area contributed by atoms with Crippen molar-refractivity contribution in [3.8, 4) is 0 Å². The fourth-order valence-electron chi connectivity index (χ4n) is 1.89. The largest absolute Gasteiger partial charge is 0.398 e. The van der Waals surface area contributed by atoms with Crippen molar-refractivity contribution >= 4 is 24.0 Å². The Hall–Kier alpha value is -0.990. The zero-order valence-corrected chi connectivity index (χ0v) is 12.8. The van der Waals surface area contributed by atoms with E-state index >= 15 is 0 Å². The number of aliphatic hydroxyl groups excluding tert-OH is 4. The smallest absolute Gasteiger partial charge is 0.0787 e. The molecule has 6 N–H and O–H groups in total. The Labute approximate surface area is 130 Å². The maximum absolute atomic E-state index is 9.47. The van der Waals surface area contributed by atoms with Gasteiger partial charge in [0.05, 0.1) is 25.4 Å². The van der Waals surface area contributed by atoms with Crippen LogP contribution < -0.4 is 10.6 Å². The van der Waals surface area contributed by atoms with Crippen molar-refractivity contribution in [2.24, 2.45) is 0 Å². The number of nitrogens with two attached hydrogens (primary N) is 1. The number of nitrogens with zero attached hydrogens (tertiary/aromatic N) is 1. The van der Waals surface area contributed by atoms with Crippen LogP contribution >= 0.6 is 12.6 Å². The fourth-order valence-corrected chi connectivity index (χ4v) is 2.10. The molecule has 0 aliphatic rings. The van der Waals surface area contributed by atoms with Gasteiger partial charge in [-0.2, -0.15) is 0 Å². The Bertz CT molecular complexity index is 419. The lowest BCUT2D eigenvalue weighted by molar-refractivity contribution is 0.0854. The third-order valence-corrected chi connectivity index (χ3v) is 3.65. The highest BCUT2D eigenvalue weighted by Crippen LogP contribution is 2.24. The molecule has 1 aromatic rings. The molecule has 21 heavy (non-hydrogen) atoms. The Morgan fingerprint density at radius 2 is 1.57 bits per heavy atom. The molecule has 2 unspecified atom stereocenters. The van der Waals surface area contributed by atoms with Crippen LogP contribution in [0.25, 0.3) is 0 Å². The fraction of sp³-hybridized carbons (Fsp3) is 0.571. The average Bonchev–Trinajstić information content (AvgIpc) is 2.49. The Morgan fingerprint density at radius 1 is 1.05 bits per heavy atom. The molecule has 0 heterocycles. The summed E-state index contributed by atoms with van der Waals surface area (Å²) in [5.74, 6) is 0. The second-order valence-corrected chi connectivity index (χ2v) is 5.46. The zero-order valence-electron chi connectivity index (χ0n) is 11.9. The summed E-state index contributed by atoms with van der Waals surface area (Å²) in [4.78, 5) is 2.61. The number of rotatable bonds is 9. The van der Waals surface area contributed by atoms with Crippen molar-refractivity contribution in [2.45, 2.75) is 29.9 Å². The summed E-state index contributed by atoms with van der Waals surface area (Å²) in [6, 6.07) is 5.40. The number of thiol groups is 1. The molecule has 0 saturated carbocycles. The number of anilines is 2. The van der Waals surface area contributed by atoms with E-state index < -0.39 is 12.2 Å². The molecule has 0 spiro atoms. The van der Waals surface area contributed by atoms with Gasteiger partial charge in [-0.1, -0.05) is 0 Å². The van der Waals surface area contributed by atoms with Crippen molar-refractivity contribution in [1.82, 2.24) is 0 Å². The molecule has 0 bridgehead atoms. The van der Waals surface area contributed by atoms with Crippen LogP contribution in [0.3, 0.4) is 0 Å². The maximum Gasteiger partial charge on any atom is 0.0787 e. The average molecular weight is 316 g/mol. The summed E-state index contributed by atoms with van der Waals surface area (Å²) in [6.07, 6.45) is -0.755. The van der Waals surface area contributed by atoms with Gasteiger partial charge >= 0.3 is 0 Å². The molecule has 0 amide bonds. The minimum Gasteiger partial charge on any atom is -0.398 e. The first-order valence-corrected chi connectivity index (χ1v) is 7.34. The predicted molar refractivity (Wildman–Crippen MR) is 85.7 cm³/mol. The standard InChI is InChI=1S/C14H24N2O4S/c15-13-2-1-10(7-14(13)21)16(5-3-11(19)8-17)6-4-12(20)9-18/h1-2,7,11-12,17-21H,3-6,8-9,15H2. The molecule has 120 valence electrons. The third-order valence-electron chi connectivity index (χ3n) is 3.27. The van der Waals surface area contributed by atoms with Crippen molar-refractivity contribution in [3.05, 3.63) is 18.2 Å². The molecule has 1 rings (SSSR count). The third kappa shape index (κ3) is 6.11. The van der Waals surface area contributed by atoms with Gasteiger partial charge in [-0.3, -0.25) is 0 Å². The summed E-state index contributed by atoms with van der Waals surface area (Å²) < 4.78 is 0. The SMILES string of the molecule is Nc1ccc(N(CCC(O)CO)CCC(O)CO)cc1S. The van der Waals surface area contributed by atoms with E-state index in [1.54, 1.807) is 6.07 Å². The van der Waals surface area contributed by atoms with E-state index in [2.05, 4.69) is 12.6 Å². The molecule has 0 aliphatic heterocycles. The second-order valence-electron chi connectivity index (χ2n) is 4.98. The number of benzene rings is 1. The number of hydrogen-bond acceptors (Lipinski definition) is 7. The van der Waals surface area contributed by atoms with Crippen molar-refractivity contribution in [2.75, 3.05) is 36.9 Å². The molecule has 1 aromatic carbocycles. The summed E-state index contributed by atoms with van der Waals surface area (Å²) in [6.45, 7) is 0.452. The lowest BCUT2D eigenvalue weighted by Gasteiger charge is -2.27. The number of aliphatic hydroxyl groups is 4. The lowest BCUT2D eigenvalue weighted by atomic mass is 10.2. The predicted octanol–water partition coefficient (Wildman–Crippen LogP) is -0.150. The summed E-state index contributed by atoms with van der Waals surface area (Å²) in [7, 11) is 0. The highest BCUT2D eigenvalue weighted by Gasteiger charge is 2.13. The quantitative estimate of drug-likeness (QED) is 0.279. The molecule has 0 fully saturated rings. The van der Waals surface area contributed by atoms with Crippen molar-refractivity contribution in [1.29, 1.82) is 0 Å². The first kappa shape index (κ1) is 18.1. The van der Waals surface area contributed by atoms with Crippen LogP contribution in [0.2, 0.25) is 0 Å². The molecule has 0 aromatic heterocycles. The van der Waals surface area contributed by atoms with Crippen LogP contribution in [0.4, 0.5) is 11.4 Å². The zero-order chi connectivity index (χ0) is 15.8. The molecular formula is C14H24N2O4S. The van der Waals surface area contributed by atoms with Crippen molar-refractivity contribution in [3.63, 3.8) is 0 Å². The van der Waals surface area contributed by atoms with E-state index in [1.807, 2.05) is 17.0 Å². The monoisotopic (exact) mass is 316 g/mol. The van der Waals surface area contributed by atoms with E-state index in [1.165, 1.54) is 0 Å². The lowest BCUT2D eigenvalue weighted by Crippen LogP contribution is -2.31. The van der Waals surface area contributed by atoms with Gasteiger partial charge in [0.25, 0.3) is 0 Å². The maximum atomic E-state index is 9.47. The molecule has 0 radical (unpaired) electrons. The Morgan fingerprint density at radius 3 is 2.00 bits per heavy atom. The molecule has 0 saturated heterocycles. The first-order valence-electron chi connectivity index (χ1n) is 6.89. The van der Waals surface area contributed by atoms with E-state index in [0.717, 1.165) is 5.69 Å². The van der Waals surface area contributed by atoms with Gasteiger partial charge in [-0.05, 0) is 31.0 Å². The van der Waals surface area contributed by atoms with Crippen molar-refractivity contribution < 1.29 is 20.4 Å². The van der Waals surface area contributed by atoms with Gasteiger partial charge in [0.1, 0.15) is 0 Å². The van der Waals surface area contributed by atoms with Gasteiger partial charge in [0.15, 0.2) is 0 Å². The van der Waals surface area contributed by atoms with Crippen LogP contribution in [0.15, 0.2) is 23.1 Å². The normalized spacial score (nSPS) is 14.0. The minimum atomic E-state index is -0.778. The van der Waals surface area contributed by atoms with Gasteiger partial charge < -0.3 is 31.1 Å². The molecule has 7 heteroatoms. The number of hydrogen-bond donors (Lipinski definition) is 6. The van der Waals surface area contributed by atoms with Crippen LogP contribution in [0, 0.1) is 0 Å². The first-order chi connectivity index (χ1) is 9.97.